The minimum Gasteiger partial charge on any atom is -0.465 e. The zero-order valence-corrected chi connectivity index (χ0v) is 14.0. The van der Waals surface area contributed by atoms with Gasteiger partial charge in [0.2, 0.25) is 0 Å². The number of ether oxygens (including phenoxy) is 1. The molecule has 0 bridgehead atoms. The normalized spacial score (nSPS) is 11.1. The van der Waals surface area contributed by atoms with Crippen molar-refractivity contribution in [1.29, 1.82) is 0 Å². The summed E-state index contributed by atoms with van der Waals surface area (Å²) >= 11 is 3.10. The topological polar surface area (TPSA) is 72.5 Å². The van der Waals surface area contributed by atoms with Crippen molar-refractivity contribution < 1.29 is 26.7 Å². The van der Waals surface area contributed by atoms with Crippen molar-refractivity contribution in [2.75, 3.05) is 11.8 Å². The number of carbonyl (C=O) groups is 1. The molecule has 122 valence electrons. The maximum atomic E-state index is 13.6. The molecule has 0 aliphatic heterocycles. The summed E-state index contributed by atoms with van der Waals surface area (Å²) in [6, 6.07) is 5.98. The average Bonchev–Trinajstić information content (AvgIpc) is 2.50. The summed E-state index contributed by atoms with van der Waals surface area (Å²) < 4.78 is 58.0. The number of halogens is 3. The summed E-state index contributed by atoms with van der Waals surface area (Å²) in [5.74, 6) is -2.47. The first kappa shape index (κ1) is 17.4. The van der Waals surface area contributed by atoms with E-state index in [9.17, 15) is 22.0 Å². The van der Waals surface area contributed by atoms with Crippen LogP contribution in [0.1, 0.15) is 10.4 Å². The van der Waals surface area contributed by atoms with Gasteiger partial charge in [-0.15, -0.1) is 0 Å². The number of hydrogen-bond acceptors (Lipinski definition) is 4. The molecule has 0 saturated heterocycles. The van der Waals surface area contributed by atoms with Crippen molar-refractivity contribution in [3.63, 3.8) is 0 Å². The summed E-state index contributed by atoms with van der Waals surface area (Å²) in [4.78, 5) is 11.3. The van der Waals surface area contributed by atoms with Crippen LogP contribution >= 0.6 is 15.9 Å². The quantitative estimate of drug-likeness (QED) is 0.791. The third-order valence-corrected chi connectivity index (χ3v) is 4.88. The Morgan fingerprint density at radius 2 is 1.87 bits per heavy atom. The molecule has 0 saturated carbocycles. The van der Waals surface area contributed by atoms with Crippen molar-refractivity contribution >= 4 is 37.6 Å². The molecule has 0 atom stereocenters. The van der Waals surface area contributed by atoms with E-state index >= 15 is 0 Å². The molecule has 2 aromatic rings. The highest BCUT2D eigenvalue weighted by Gasteiger charge is 2.20. The van der Waals surface area contributed by atoms with Gasteiger partial charge < -0.3 is 4.74 Å². The fraction of sp³-hybridized carbons (Fsp3) is 0.0714. The van der Waals surface area contributed by atoms with E-state index in [4.69, 9.17) is 0 Å². The maximum absolute atomic E-state index is 13.6. The van der Waals surface area contributed by atoms with Crippen molar-refractivity contribution in [2.45, 2.75) is 4.90 Å². The van der Waals surface area contributed by atoms with Gasteiger partial charge in [-0.05, 0) is 46.3 Å². The van der Waals surface area contributed by atoms with Gasteiger partial charge in [0.15, 0.2) is 0 Å². The first-order valence-corrected chi connectivity index (χ1v) is 8.38. The van der Waals surface area contributed by atoms with Crippen LogP contribution < -0.4 is 4.72 Å². The van der Waals surface area contributed by atoms with Gasteiger partial charge in [0.25, 0.3) is 10.0 Å². The first-order chi connectivity index (χ1) is 10.7. The molecule has 23 heavy (non-hydrogen) atoms. The van der Waals surface area contributed by atoms with Crippen LogP contribution in [-0.2, 0) is 14.8 Å². The second kappa shape index (κ2) is 6.63. The fourth-order valence-electron chi connectivity index (χ4n) is 1.72. The molecule has 1 N–H and O–H groups in total. The molecule has 2 aromatic carbocycles. The van der Waals surface area contributed by atoms with Gasteiger partial charge in [-0.1, -0.05) is 0 Å². The van der Waals surface area contributed by atoms with Crippen LogP contribution in [0.4, 0.5) is 14.5 Å². The Hall–Kier alpha value is -2.00. The highest BCUT2D eigenvalue weighted by Crippen LogP contribution is 2.24. The SMILES string of the molecule is COC(=O)c1cc(S(=O)(=O)Nc2cc(F)ccc2F)ccc1Br. The van der Waals surface area contributed by atoms with Crippen molar-refractivity contribution in [2.24, 2.45) is 0 Å². The number of hydrogen-bond donors (Lipinski definition) is 1. The lowest BCUT2D eigenvalue weighted by Gasteiger charge is -2.10. The van der Waals surface area contributed by atoms with E-state index in [-0.39, 0.29) is 10.5 Å². The molecule has 0 aliphatic carbocycles. The third-order valence-electron chi connectivity index (χ3n) is 2.83. The van der Waals surface area contributed by atoms with Gasteiger partial charge in [0, 0.05) is 10.5 Å². The highest BCUT2D eigenvalue weighted by atomic mass is 79.9. The number of anilines is 1. The third kappa shape index (κ3) is 3.85. The maximum Gasteiger partial charge on any atom is 0.339 e. The molecular weight excluding hydrogens is 396 g/mol. The Balaban J connectivity index is 2.44. The van der Waals surface area contributed by atoms with E-state index in [1.807, 2.05) is 4.72 Å². The Morgan fingerprint density at radius 3 is 2.52 bits per heavy atom. The lowest BCUT2D eigenvalue weighted by Crippen LogP contribution is -2.15. The number of methoxy groups -OCH3 is 1. The number of nitrogens with one attached hydrogen (secondary N) is 1. The minimum absolute atomic E-state index is 0.0184. The van der Waals surface area contributed by atoms with Crippen molar-refractivity contribution in [1.82, 2.24) is 0 Å². The molecule has 9 heteroatoms. The van der Waals surface area contributed by atoms with Gasteiger partial charge in [0.05, 0.1) is 23.3 Å². The molecule has 0 aromatic heterocycles. The van der Waals surface area contributed by atoms with E-state index in [2.05, 4.69) is 20.7 Å². The van der Waals surface area contributed by atoms with Crippen LogP contribution in [0.2, 0.25) is 0 Å². The van der Waals surface area contributed by atoms with Gasteiger partial charge >= 0.3 is 5.97 Å². The Morgan fingerprint density at radius 1 is 1.17 bits per heavy atom. The predicted molar refractivity (Wildman–Crippen MR) is 82.6 cm³/mol. The van der Waals surface area contributed by atoms with Crippen molar-refractivity contribution in [3.8, 4) is 0 Å². The lowest BCUT2D eigenvalue weighted by molar-refractivity contribution is 0.0599. The van der Waals surface area contributed by atoms with Gasteiger partial charge in [-0.3, -0.25) is 4.72 Å². The number of esters is 1. The molecule has 0 fully saturated rings. The minimum atomic E-state index is -4.22. The van der Waals surface area contributed by atoms with Crippen LogP contribution in [0.3, 0.4) is 0 Å². The van der Waals surface area contributed by atoms with Crippen LogP contribution in [0.25, 0.3) is 0 Å². The van der Waals surface area contributed by atoms with Crippen LogP contribution in [-0.4, -0.2) is 21.5 Å². The van der Waals surface area contributed by atoms with Crippen LogP contribution in [0.5, 0.6) is 0 Å². The summed E-state index contributed by atoms with van der Waals surface area (Å²) in [6.45, 7) is 0. The lowest BCUT2D eigenvalue weighted by atomic mass is 10.2. The van der Waals surface area contributed by atoms with E-state index in [1.54, 1.807) is 0 Å². The second-order valence-corrected chi connectivity index (χ2v) is 6.90. The average molecular weight is 406 g/mol. The zero-order chi connectivity index (χ0) is 17.2. The van der Waals surface area contributed by atoms with Crippen molar-refractivity contribution in [3.05, 3.63) is 58.1 Å². The summed E-state index contributed by atoms with van der Waals surface area (Å²) in [5.41, 5.74) is -0.553. The summed E-state index contributed by atoms with van der Waals surface area (Å²) in [5, 5.41) is 0. The van der Waals surface area contributed by atoms with E-state index in [1.165, 1.54) is 12.1 Å². The molecule has 0 amide bonds. The number of benzene rings is 2. The molecule has 0 spiro atoms. The molecular formula is C14H10BrF2NO4S. The highest BCUT2D eigenvalue weighted by molar-refractivity contribution is 9.10. The van der Waals surface area contributed by atoms with E-state index in [0.29, 0.717) is 10.5 Å². The Bertz CT molecular complexity index is 871. The Labute approximate surface area is 139 Å². The van der Waals surface area contributed by atoms with Gasteiger partial charge in [-0.25, -0.2) is 22.0 Å². The van der Waals surface area contributed by atoms with E-state index in [0.717, 1.165) is 25.3 Å². The summed E-state index contributed by atoms with van der Waals surface area (Å²) in [7, 11) is -3.07. The van der Waals surface area contributed by atoms with Crippen LogP contribution in [0, 0.1) is 11.6 Å². The number of rotatable bonds is 4. The standard InChI is InChI=1S/C14H10BrF2NO4S/c1-22-14(19)10-7-9(3-4-11(10)15)23(20,21)18-13-6-8(16)2-5-12(13)17/h2-7,18H,1H3. The number of carbonyl (C=O) groups excluding carboxylic acids is 1. The van der Waals surface area contributed by atoms with Gasteiger partial charge in [0.1, 0.15) is 11.6 Å². The van der Waals surface area contributed by atoms with Crippen LogP contribution in [0.15, 0.2) is 45.8 Å². The number of sulfonamides is 1. The summed E-state index contributed by atoms with van der Waals surface area (Å²) in [6.07, 6.45) is 0. The predicted octanol–water partition coefficient (Wildman–Crippen LogP) is 3.31. The first-order valence-electron chi connectivity index (χ1n) is 6.10. The second-order valence-electron chi connectivity index (χ2n) is 4.36. The zero-order valence-electron chi connectivity index (χ0n) is 11.6. The largest absolute Gasteiger partial charge is 0.465 e. The Kier molecular flexibility index (Phi) is 5.00. The van der Waals surface area contributed by atoms with Gasteiger partial charge in [-0.2, -0.15) is 0 Å². The molecule has 0 aliphatic rings. The van der Waals surface area contributed by atoms with E-state index < -0.39 is 33.3 Å². The monoisotopic (exact) mass is 405 g/mol. The fourth-order valence-corrected chi connectivity index (χ4v) is 3.21. The molecule has 5 nitrogen and oxygen atoms in total. The molecule has 0 unspecified atom stereocenters. The molecule has 0 heterocycles. The smallest absolute Gasteiger partial charge is 0.339 e. The molecule has 2 rings (SSSR count). The molecule has 0 radical (unpaired) electrons.